The van der Waals surface area contributed by atoms with Gasteiger partial charge in [0.25, 0.3) is 0 Å². The molecule has 0 fully saturated rings. The number of phenolic OH excluding ortho intramolecular Hbond substituents is 1. The number of nitrogens with zero attached hydrogens (tertiary/aromatic N) is 3. The van der Waals surface area contributed by atoms with Crippen molar-refractivity contribution in [1.82, 2.24) is 14.5 Å². The molecule has 0 aliphatic carbocycles. The lowest BCUT2D eigenvalue weighted by Crippen LogP contribution is -2.13. The van der Waals surface area contributed by atoms with E-state index in [0.29, 0.717) is 50.4 Å². The van der Waals surface area contributed by atoms with Gasteiger partial charge in [-0.15, -0.1) is 0 Å². The largest absolute Gasteiger partial charge is 0.507 e. The van der Waals surface area contributed by atoms with Gasteiger partial charge >= 0.3 is 0 Å². The van der Waals surface area contributed by atoms with Crippen molar-refractivity contribution in [3.05, 3.63) is 167 Å². The molecule has 0 bridgehead atoms. The van der Waals surface area contributed by atoms with E-state index in [4.69, 9.17) is 17.3 Å². The highest BCUT2D eigenvalue weighted by molar-refractivity contribution is 5.97. The summed E-state index contributed by atoms with van der Waals surface area (Å²) in [4.78, 5) is 9.86. The summed E-state index contributed by atoms with van der Waals surface area (Å²) in [6.07, 6.45) is -0.604. The standard InChI is InChI=1S/C60H65N3O/c1-36(2)42-32-51(38(5)6)57(64)52(33-42)58-62-56-47(43-29-44(31-45(30-43)59(8,9)10)54-34-41(27-28-61-54)40-23-21-39(7)22-24-40)18-16-20-55(56)63(58)46-25-26-48(50(35-46)37(3)4)49-17-14-15-19-53(49)60(11,12)13/h14-38,64H,1-13H3/i7D3,21D,22D,23D,24D,27D,28D,34D,36D,37D,38D. The lowest BCUT2D eigenvalue weighted by molar-refractivity contribution is 0.466. The Hall–Kier alpha value is -6.26. The molecule has 0 saturated carbocycles. The summed E-state index contributed by atoms with van der Waals surface area (Å²) in [6, 6.07) is 24.6. The molecular weight excluding hydrogens is 779 g/mol. The monoisotopic (exact) mass is 857 g/mol. The van der Waals surface area contributed by atoms with Crippen LogP contribution in [0.25, 0.3) is 72.7 Å². The van der Waals surface area contributed by atoms with Crippen LogP contribution >= 0.6 is 0 Å². The van der Waals surface area contributed by atoms with Gasteiger partial charge in [0.15, 0.2) is 0 Å². The van der Waals surface area contributed by atoms with E-state index in [0.717, 1.165) is 27.8 Å². The van der Waals surface area contributed by atoms with Gasteiger partial charge in [-0.05, 0) is 139 Å². The Balaban J connectivity index is 1.47. The average molecular weight is 857 g/mol. The fourth-order valence-electron chi connectivity index (χ4n) is 8.31. The SMILES string of the molecule is [2H]c1nc(-c2cc(-c3cccc4c3nc(-c3cc(C([2H])(C)C)cc(C([2H])(C)C)c3O)n4-c3ccc(-c4ccccc4C(C)(C)C)c(C([2H])(C)C)c3)cc(C(C)(C)C)c2)c([2H])c(-c2c([2H])c([2H])c(C([2H])([2H])[2H])c([2H])c2[2H])c1[2H]. The van der Waals surface area contributed by atoms with Crippen molar-refractivity contribution in [3.63, 3.8) is 0 Å². The summed E-state index contributed by atoms with van der Waals surface area (Å²) >= 11 is 0. The summed E-state index contributed by atoms with van der Waals surface area (Å²) < 4.78 is 116. The predicted molar refractivity (Wildman–Crippen MR) is 272 cm³/mol. The topological polar surface area (TPSA) is 50.9 Å². The number of imidazole rings is 1. The summed E-state index contributed by atoms with van der Waals surface area (Å²) in [5.41, 5.74) is 6.40. The van der Waals surface area contributed by atoms with Crippen molar-refractivity contribution < 1.29 is 22.9 Å². The van der Waals surface area contributed by atoms with Crippen LogP contribution < -0.4 is 0 Å². The van der Waals surface area contributed by atoms with Crippen molar-refractivity contribution in [2.24, 2.45) is 0 Å². The quantitative estimate of drug-likeness (QED) is 0.157. The molecule has 2 aromatic heterocycles. The molecule has 6 aromatic carbocycles. The molecule has 326 valence electrons. The number of pyridine rings is 1. The van der Waals surface area contributed by atoms with Crippen LogP contribution in [0.5, 0.6) is 5.75 Å². The Labute approximate surface area is 400 Å². The van der Waals surface area contributed by atoms with Crippen LogP contribution in [0, 0.1) is 6.85 Å². The fourth-order valence-corrected chi connectivity index (χ4v) is 8.31. The number of rotatable bonds is 9. The highest BCUT2D eigenvalue weighted by atomic mass is 16.3. The molecule has 8 aromatic rings. The molecule has 0 aliphatic rings. The Bertz CT molecular complexity index is 3660. The number of para-hydroxylation sites is 1. The third-order valence-corrected chi connectivity index (χ3v) is 11.8. The van der Waals surface area contributed by atoms with Crippen molar-refractivity contribution in [2.75, 3.05) is 0 Å². The van der Waals surface area contributed by atoms with E-state index in [1.165, 1.54) is 0 Å². The smallest absolute Gasteiger partial charge is 0.149 e. The lowest BCUT2D eigenvalue weighted by Gasteiger charge is -2.25. The minimum Gasteiger partial charge on any atom is -0.507 e. The molecule has 0 radical (unpaired) electrons. The summed E-state index contributed by atoms with van der Waals surface area (Å²) in [5, 5.41) is 12.4. The first-order valence-electron chi connectivity index (χ1n) is 28.2. The van der Waals surface area contributed by atoms with Gasteiger partial charge in [0.1, 0.15) is 11.6 Å². The average Bonchev–Trinajstić information content (AvgIpc) is 3.73. The number of hydrogen-bond donors (Lipinski definition) is 1. The van der Waals surface area contributed by atoms with Gasteiger partial charge in [0.05, 0.1) is 31.9 Å². The summed E-state index contributed by atoms with van der Waals surface area (Å²) in [7, 11) is 0. The molecular formula is C60H65N3O. The maximum atomic E-state index is 12.4. The van der Waals surface area contributed by atoms with Crippen LogP contribution in [0.2, 0.25) is 0 Å². The summed E-state index contributed by atoms with van der Waals surface area (Å²) in [6.45, 7) is 20.1. The molecule has 4 nitrogen and oxygen atoms in total. The van der Waals surface area contributed by atoms with Crippen LogP contribution in [-0.4, -0.2) is 19.6 Å². The number of hydrogen-bond acceptors (Lipinski definition) is 3. The molecule has 0 aliphatic heterocycles. The molecule has 0 atom stereocenters. The second kappa shape index (κ2) is 17.0. The molecule has 0 spiro atoms. The zero-order valence-electron chi connectivity index (χ0n) is 51.9. The maximum absolute atomic E-state index is 12.4. The van der Waals surface area contributed by atoms with Crippen LogP contribution in [0.3, 0.4) is 0 Å². The van der Waals surface area contributed by atoms with Crippen LogP contribution in [0.15, 0.2) is 133 Å². The van der Waals surface area contributed by atoms with E-state index in [1.807, 2.05) is 99.8 Å². The van der Waals surface area contributed by atoms with E-state index in [1.54, 1.807) is 45.9 Å². The van der Waals surface area contributed by atoms with Crippen molar-refractivity contribution >= 4 is 11.0 Å². The van der Waals surface area contributed by atoms with E-state index < -0.39 is 89.1 Å². The Kier molecular flexibility index (Phi) is 8.19. The van der Waals surface area contributed by atoms with E-state index >= 15 is 0 Å². The molecule has 2 heterocycles. The van der Waals surface area contributed by atoms with Gasteiger partial charge < -0.3 is 5.11 Å². The molecule has 8 rings (SSSR count). The van der Waals surface area contributed by atoms with Gasteiger partial charge in [0, 0.05) is 31.2 Å². The van der Waals surface area contributed by atoms with Gasteiger partial charge in [0.2, 0.25) is 0 Å². The van der Waals surface area contributed by atoms with Crippen LogP contribution in [-0.2, 0) is 10.8 Å². The van der Waals surface area contributed by atoms with Gasteiger partial charge in [-0.1, -0.05) is 167 Å². The van der Waals surface area contributed by atoms with E-state index in [9.17, 15) is 10.6 Å². The fraction of sp³-hybridized carbons (Fsp3) is 0.300. The number of phenols is 1. The second-order valence-corrected chi connectivity index (χ2v) is 19.4. The first-order valence-corrected chi connectivity index (χ1v) is 21.7. The van der Waals surface area contributed by atoms with Crippen molar-refractivity contribution in [1.29, 1.82) is 0 Å². The van der Waals surface area contributed by atoms with Crippen LogP contribution in [0.4, 0.5) is 0 Å². The second-order valence-electron chi connectivity index (χ2n) is 19.4. The number of benzene rings is 6. The zero-order valence-corrected chi connectivity index (χ0v) is 38.9. The summed E-state index contributed by atoms with van der Waals surface area (Å²) in [5.74, 6) is -3.43. The first kappa shape index (κ1) is 30.8. The minimum absolute atomic E-state index is 0.0903. The van der Waals surface area contributed by atoms with Gasteiger partial charge in [-0.25, -0.2) is 4.98 Å². The molecule has 0 unspecified atom stereocenters. The normalized spacial score (nSPS) is 15.9. The third kappa shape index (κ3) is 8.55. The Morgan fingerprint density at radius 3 is 2.00 bits per heavy atom. The number of fused-ring (bicyclic) bond motifs is 1. The zero-order chi connectivity index (χ0) is 57.2. The Morgan fingerprint density at radius 1 is 0.625 bits per heavy atom. The van der Waals surface area contributed by atoms with Gasteiger partial charge in [-0.3, -0.25) is 9.55 Å². The molecule has 1 N–H and O–H groups in total. The Morgan fingerprint density at radius 2 is 1.33 bits per heavy atom. The highest BCUT2D eigenvalue weighted by Gasteiger charge is 2.26. The molecule has 64 heavy (non-hydrogen) atoms. The van der Waals surface area contributed by atoms with E-state index in [2.05, 4.69) is 37.9 Å². The lowest BCUT2D eigenvalue weighted by atomic mass is 9.80. The number of aromatic nitrogens is 3. The molecule has 4 heteroatoms. The first-order chi connectivity index (χ1) is 35.3. The maximum Gasteiger partial charge on any atom is 0.149 e. The van der Waals surface area contributed by atoms with Crippen molar-refractivity contribution in [3.8, 4) is 67.5 Å². The highest BCUT2D eigenvalue weighted by Crippen LogP contribution is 2.45. The minimum atomic E-state index is -2.99. The number of aromatic hydroxyl groups is 1. The van der Waals surface area contributed by atoms with Crippen molar-refractivity contribution in [2.45, 2.75) is 118 Å². The third-order valence-electron chi connectivity index (χ3n) is 11.8. The predicted octanol–water partition coefficient (Wildman–Crippen LogP) is 16.7. The molecule has 0 saturated heterocycles. The van der Waals surface area contributed by atoms with Gasteiger partial charge in [-0.2, -0.15) is 0 Å². The molecule has 0 amide bonds. The van der Waals surface area contributed by atoms with E-state index in [-0.39, 0.29) is 22.4 Å². The van der Waals surface area contributed by atoms with Crippen LogP contribution in [0.1, 0.15) is 152 Å².